The van der Waals surface area contributed by atoms with Crippen molar-refractivity contribution < 1.29 is 17.9 Å². The van der Waals surface area contributed by atoms with E-state index in [1.807, 2.05) is 0 Å². The van der Waals surface area contributed by atoms with E-state index in [1.54, 1.807) is 0 Å². The van der Waals surface area contributed by atoms with Crippen LogP contribution in [0.25, 0.3) is 0 Å². The number of unbranched alkanes of at least 4 members (excludes halogenated alkanes) is 2. The van der Waals surface area contributed by atoms with Crippen molar-refractivity contribution in [3.8, 4) is 0 Å². The van der Waals surface area contributed by atoms with Gasteiger partial charge in [0.25, 0.3) is 0 Å². The Balaban J connectivity index is 5.67. The van der Waals surface area contributed by atoms with Crippen LogP contribution in [0.15, 0.2) is 0 Å². The molecule has 0 spiro atoms. The first kappa shape index (κ1) is 21.5. The van der Waals surface area contributed by atoms with Crippen molar-refractivity contribution in [1.29, 1.82) is 0 Å². The van der Waals surface area contributed by atoms with Crippen LogP contribution in [0, 0.1) is 0 Å². The van der Waals surface area contributed by atoms with Gasteiger partial charge in [0.05, 0.1) is 0 Å². The molecule has 0 rings (SSSR count). The van der Waals surface area contributed by atoms with E-state index in [9.17, 15) is 4.57 Å². The Kier molecular flexibility index (Phi) is 9.88. The molecule has 0 aliphatic carbocycles. The van der Waals surface area contributed by atoms with E-state index in [2.05, 4.69) is 27.7 Å². The molecule has 130 valence electrons. The van der Waals surface area contributed by atoms with Crippen LogP contribution in [0.4, 0.5) is 0 Å². The molecule has 0 aliphatic rings. The summed E-state index contributed by atoms with van der Waals surface area (Å²) >= 11 is 0. The summed E-state index contributed by atoms with van der Waals surface area (Å²) in [4.78, 5) is 0. The van der Waals surface area contributed by atoms with Gasteiger partial charge < -0.3 is 0 Å². The van der Waals surface area contributed by atoms with Crippen LogP contribution < -0.4 is 0 Å². The van der Waals surface area contributed by atoms with Gasteiger partial charge in [-0.2, -0.15) is 0 Å². The number of hydrogen-bond acceptors (Lipinski definition) is 4. The number of phosphoric ester groups is 1. The monoisotopic (exact) mass is 342 g/mol. The maximum absolute atomic E-state index is 12.7. The summed E-state index contributed by atoms with van der Waals surface area (Å²) in [6, 6.07) is 0. The van der Waals surface area contributed by atoms with Crippen molar-refractivity contribution in [3.63, 3.8) is 0 Å². The first-order valence-corrected chi connectivity index (χ1v) is 12.7. The Morgan fingerprint density at radius 2 is 1.29 bits per heavy atom. The van der Waals surface area contributed by atoms with Crippen molar-refractivity contribution >= 4 is 14.7 Å². The number of hydrogen-bond donors (Lipinski definition) is 0. The molecule has 0 radical (unpaired) electrons. The van der Waals surface area contributed by atoms with Gasteiger partial charge in [0.1, 0.15) is 0 Å². The van der Waals surface area contributed by atoms with Gasteiger partial charge in [0, 0.05) is 0 Å². The fourth-order valence-corrected chi connectivity index (χ4v) is 12.5. The standard InChI is InChI=1S/C15H36O4P2/c1-7-11-14-21(10-4,13-9-3,15-12-8-2)19-20(16,17-5)18-6/h7-15H2,1-6H3. The maximum atomic E-state index is 12.7. The second-order valence-corrected chi connectivity index (χ2v) is 13.9. The van der Waals surface area contributed by atoms with Crippen molar-refractivity contribution in [2.24, 2.45) is 0 Å². The molecule has 6 heteroatoms. The molecule has 0 saturated carbocycles. The van der Waals surface area contributed by atoms with Gasteiger partial charge in [0.2, 0.25) is 0 Å². The van der Waals surface area contributed by atoms with Gasteiger partial charge in [-0.1, -0.05) is 0 Å². The van der Waals surface area contributed by atoms with E-state index in [4.69, 9.17) is 13.4 Å². The van der Waals surface area contributed by atoms with E-state index in [-0.39, 0.29) is 0 Å². The van der Waals surface area contributed by atoms with Crippen molar-refractivity contribution in [2.75, 3.05) is 38.9 Å². The first-order chi connectivity index (χ1) is 9.88. The summed E-state index contributed by atoms with van der Waals surface area (Å²) < 4.78 is 29.3. The third-order valence-corrected chi connectivity index (χ3v) is 14.1. The predicted molar refractivity (Wildman–Crippen MR) is 94.9 cm³/mol. The van der Waals surface area contributed by atoms with Gasteiger partial charge in [-0.15, -0.1) is 0 Å². The van der Waals surface area contributed by atoms with Crippen molar-refractivity contribution in [2.45, 2.75) is 59.8 Å². The molecule has 0 amide bonds. The molecule has 21 heavy (non-hydrogen) atoms. The Labute approximate surface area is 131 Å². The predicted octanol–water partition coefficient (Wildman–Crippen LogP) is 5.90. The first-order valence-electron chi connectivity index (χ1n) is 8.32. The Hall–Kier alpha value is 0.540. The minimum absolute atomic E-state index is 0.955. The van der Waals surface area contributed by atoms with Crippen LogP contribution in [-0.2, 0) is 17.9 Å². The molecule has 0 saturated heterocycles. The molecule has 4 nitrogen and oxygen atoms in total. The molecule has 0 bridgehead atoms. The van der Waals surface area contributed by atoms with Gasteiger partial charge in [-0.05, 0) is 0 Å². The molecule has 0 heterocycles. The third-order valence-electron chi connectivity index (χ3n) is 4.52. The van der Waals surface area contributed by atoms with Crippen LogP contribution in [-0.4, -0.2) is 38.9 Å². The van der Waals surface area contributed by atoms with Crippen molar-refractivity contribution in [3.05, 3.63) is 0 Å². The second-order valence-electron chi connectivity index (χ2n) is 5.95. The zero-order valence-corrected chi connectivity index (χ0v) is 16.7. The molecule has 0 aliphatic heterocycles. The normalized spacial score (nSPS) is 14.9. The Morgan fingerprint density at radius 3 is 1.57 bits per heavy atom. The fraction of sp³-hybridized carbons (Fsp3) is 1.00. The quantitative estimate of drug-likeness (QED) is 0.391. The Bertz CT molecular complexity index is 318. The average Bonchev–Trinajstić information content (AvgIpc) is 2.51. The Morgan fingerprint density at radius 1 is 0.810 bits per heavy atom. The average molecular weight is 342 g/mol. The summed E-state index contributed by atoms with van der Waals surface area (Å²) in [5, 5.41) is 0. The summed E-state index contributed by atoms with van der Waals surface area (Å²) in [5.74, 6) is 0. The van der Waals surface area contributed by atoms with Crippen LogP contribution in [0.5, 0.6) is 0 Å². The van der Waals surface area contributed by atoms with E-state index in [0.29, 0.717) is 0 Å². The molecule has 0 N–H and O–H groups in total. The van der Waals surface area contributed by atoms with E-state index in [1.165, 1.54) is 14.2 Å². The molecule has 0 aromatic heterocycles. The fourth-order valence-electron chi connectivity index (χ4n) is 3.10. The minimum atomic E-state index is -3.44. The SMILES string of the molecule is CCCCP(CC)(CCC)(CCCC)OP(=O)(OC)OC. The molecule has 0 atom stereocenters. The molecular weight excluding hydrogens is 306 g/mol. The zero-order chi connectivity index (χ0) is 16.4. The molecule has 0 fully saturated rings. The van der Waals surface area contributed by atoms with Gasteiger partial charge in [-0.25, -0.2) is 0 Å². The summed E-state index contributed by atoms with van der Waals surface area (Å²) in [5.41, 5.74) is 0. The second kappa shape index (κ2) is 9.63. The summed E-state index contributed by atoms with van der Waals surface area (Å²) in [6.45, 7) is 6.22. The van der Waals surface area contributed by atoms with Crippen LogP contribution in [0.3, 0.4) is 0 Å². The van der Waals surface area contributed by atoms with Gasteiger partial charge in [-0.3, -0.25) is 0 Å². The van der Waals surface area contributed by atoms with Gasteiger partial charge >= 0.3 is 131 Å². The molecular formula is C15H36O4P2. The molecule has 0 aromatic rings. The topological polar surface area (TPSA) is 44.8 Å². The molecule has 0 unspecified atom stereocenters. The van der Waals surface area contributed by atoms with E-state index in [0.717, 1.165) is 56.8 Å². The van der Waals surface area contributed by atoms with Crippen molar-refractivity contribution in [1.82, 2.24) is 0 Å². The van der Waals surface area contributed by atoms with E-state index >= 15 is 0 Å². The summed E-state index contributed by atoms with van der Waals surface area (Å²) in [6.07, 6.45) is 9.56. The van der Waals surface area contributed by atoms with Crippen LogP contribution in [0.2, 0.25) is 0 Å². The number of rotatable bonds is 13. The zero-order valence-electron chi connectivity index (χ0n) is 14.9. The van der Waals surface area contributed by atoms with Crippen LogP contribution in [0.1, 0.15) is 59.8 Å². The van der Waals surface area contributed by atoms with Gasteiger partial charge in [0.15, 0.2) is 0 Å². The third kappa shape index (κ3) is 5.92. The van der Waals surface area contributed by atoms with Crippen LogP contribution >= 0.6 is 14.7 Å². The van der Waals surface area contributed by atoms with E-state index < -0.39 is 14.7 Å². The number of phosphoric acid groups is 1. The summed E-state index contributed by atoms with van der Waals surface area (Å²) in [7, 11) is -0.609. The molecule has 0 aromatic carbocycles.